The van der Waals surface area contributed by atoms with E-state index in [1.165, 1.54) is 12.3 Å². The quantitative estimate of drug-likeness (QED) is 0.838. The summed E-state index contributed by atoms with van der Waals surface area (Å²) in [6.45, 7) is 1.89. The summed E-state index contributed by atoms with van der Waals surface area (Å²) in [5.74, 6) is -0.488. The first-order chi connectivity index (χ1) is 7.70. The molecule has 0 spiro atoms. The Hall–Kier alpha value is -1.74. The summed E-state index contributed by atoms with van der Waals surface area (Å²) in [6, 6.07) is 8.88. The van der Waals surface area contributed by atoms with Gasteiger partial charge in [0.25, 0.3) is 0 Å². The van der Waals surface area contributed by atoms with Crippen LogP contribution in [0.4, 0.5) is 4.39 Å². The molecule has 2 rings (SSSR count). The average Bonchev–Trinajstić information content (AvgIpc) is 2.29. The van der Waals surface area contributed by atoms with Crippen molar-refractivity contribution in [1.29, 1.82) is 0 Å². The molecule has 16 heavy (non-hydrogen) atoms. The van der Waals surface area contributed by atoms with E-state index in [0.29, 0.717) is 5.56 Å². The van der Waals surface area contributed by atoms with Gasteiger partial charge >= 0.3 is 0 Å². The van der Waals surface area contributed by atoms with Crippen molar-refractivity contribution >= 4 is 0 Å². The van der Waals surface area contributed by atoms with Crippen molar-refractivity contribution in [3.05, 3.63) is 65.2 Å². The summed E-state index contributed by atoms with van der Waals surface area (Å²) in [5.41, 5.74) is 1.91. The zero-order valence-electron chi connectivity index (χ0n) is 8.89. The summed E-state index contributed by atoms with van der Waals surface area (Å²) in [6.07, 6.45) is 1.64. The normalized spacial score (nSPS) is 12.4. The Morgan fingerprint density at radius 2 is 1.94 bits per heavy atom. The molecular formula is C13H12FNO. The molecule has 1 aromatic carbocycles. The molecule has 1 N–H and O–H groups in total. The zero-order chi connectivity index (χ0) is 11.5. The highest BCUT2D eigenvalue weighted by atomic mass is 19.1. The Bertz CT molecular complexity index is 453. The maximum Gasteiger partial charge on any atom is 0.147 e. The molecule has 0 amide bonds. The number of benzene rings is 1. The summed E-state index contributed by atoms with van der Waals surface area (Å²) in [5, 5.41) is 10.1. The van der Waals surface area contributed by atoms with Crippen LogP contribution >= 0.6 is 0 Å². The van der Waals surface area contributed by atoms with Gasteiger partial charge in [-0.05, 0) is 24.1 Å². The molecule has 0 aliphatic rings. The van der Waals surface area contributed by atoms with Crippen molar-refractivity contribution in [2.24, 2.45) is 0 Å². The van der Waals surface area contributed by atoms with Crippen molar-refractivity contribution in [1.82, 2.24) is 4.98 Å². The minimum absolute atomic E-state index is 0.254. The maximum atomic E-state index is 13.4. The van der Waals surface area contributed by atoms with Crippen molar-refractivity contribution in [3.63, 3.8) is 0 Å². The largest absolute Gasteiger partial charge is 0.384 e. The van der Waals surface area contributed by atoms with Crippen LogP contribution in [0.15, 0.2) is 42.7 Å². The molecule has 0 radical (unpaired) electrons. The Kier molecular flexibility index (Phi) is 2.97. The first-order valence-corrected chi connectivity index (χ1v) is 5.03. The molecule has 1 atom stereocenters. The number of halogens is 1. The summed E-state index contributed by atoms with van der Waals surface area (Å²) < 4.78 is 13.4. The Labute approximate surface area is 93.4 Å². The van der Waals surface area contributed by atoms with Gasteiger partial charge in [-0.1, -0.05) is 24.3 Å². The lowest BCUT2D eigenvalue weighted by Crippen LogP contribution is -2.04. The van der Waals surface area contributed by atoms with Crippen LogP contribution in [0.5, 0.6) is 0 Å². The summed E-state index contributed by atoms with van der Waals surface area (Å²) >= 11 is 0. The molecule has 0 saturated heterocycles. The Morgan fingerprint density at radius 3 is 2.62 bits per heavy atom. The third kappa shape index (κ3) is 1.95. The molecular weight excluding hydrogens is 205 g/mol. The van der Waals surface area contributed by atoms with Crippen molar-refractivity contribution in [2.75, 3.05) is 0 Å². The Morgan fingerprint density at radius 1 is 1.19 bits per heavy atom. The minimum Gasteiger partial charge on any atom is -0.384 e. The summed E-state index contributed by atoms with van der Waals surface area (Å²) in [4.78, 5) is 3.66. The van der Waals surface area contributed by atoms with Gasteiger partial charge in [0.2, 0.25) is 0 Å². The van der Waals surface area contributed by atoms with Crippen LogP contribution in [0.25, 0.3) is 0 Å². The number of rotatable bonds is 2. The van der Waals surface area contributed by atoms with Crippen LogP contribution in [0.3, 0.4) is 0 Å². The van der Waals surface area contributed by atoms with Crippen LogP contribution in [0.2, 0.25) is 0 Å². The van der Waals surface area contributed by atoms with Crippen LogP contribution in [-0.2, 0) is 0 Å². The monoisotopic (exact) mass is 217 g/mol. The molecule has 0 aliphatic heterocycles. The molecule has 1 heterocycles. The number of aliphatic hydroxyl groups excluding tert-OH is 1. The highest BCUT2D eigenvalue weighted by Gasteiger charge is 2.15. The highest BCUT2D eigenvalue weighted by Crippen LogP contribution is 2.25. The van der Waals surface area contributed by atoms with Gasteiger partial charge in [-0.3, -0.25) is 4.98 Å². The van der Waals surface area contributed by atoms with Crippen LogP contribution < -0.4 is 0 Å². The fraction of sp³-hybridized carbons (Fsp3) is 0.154. The zero-order valence-corrected chi connectivity index (χ0v) is 8.89. The van der Waals surface area contributed by atoms with Gasteiger partial charge in [0.05, 0.1) is 6.20 Å². The molecule has 82 valence electrons. The van der Waals surface area contributed by atoms with E-state index >= 15 is 0 Å². The second-order valence-electron chi connectivity index (χ2n) is 3.66. The van der Waals surface area contributed by atoms with E-state index in [1.54, 1.807) is 6.07 Å². The molecule has 0 saturated carbocycles. The van der Waals surface area contributed by atoms with E-state index in [9.17, 15) is 9.50 Å². The molecule has 2 nitrogen and oxygen atoms in total. The third-order valence-corrected chi connectivity index (χ3v) is 2.58. The fourth-order valence-corrected chi connectivity index (χ4v) is 1.67. The van der Waals surface area contributed by atoms with Crippen molar-refractivity contribution in [2.45, 2.75) is 13.0 Å². The van der Waals surface area contributed by atoms with E-state index < -0.39 is 11.9 Å². The van der Waals surface area contributed by atoms with Gasteiger partial charge in [-0.15, -0.1) is 0 Å². The highest BCUT2D eigenvalue weighted by molar-refractivity contribution is 5.34. The van der Waals surface area contributed by atoms with E-state index in [4.69, 9.17) is 0 Å². The lowest BCUT2D eigenvalue weighted by Gasteiger charge is -2.14. The smallest absolute Gasteiger partial charge is 0.147 e. The average molecular weight is 217 g/mol. The standard InChI is InChI=1S/C13H12FNO/c1-9-4-2-3-5-10(9)13(16)11-6-7-15-8-12(11)14/h2-8,13,16H,1H3. The Balaban J connectivity index is 2.44. The fourth-order valence-electron chi connectivity index (χ4n) is 1.67. The third-order valence-electron chi connectivity index (χ3n) is 2.58. The maximum absolute atomic E-state index is 13.4. The number of hydrogen-bond donors (Lipinski definition) is 1. The lowest BCUT2D eigenvalue weighted by atomic mass is 9.98. The van der Waals surface area contributed by atoms with Gasteiger partial charge in [-0.25, -0.2) is 4.39 Å². The van der Waals surface area contributed by atoms with E-state index in [1.807, 2.05) is 25.1 Å². The van der Waals surface area contributed by atoms with Gasteiger partial charge in [0, 0.05) is 11.8 Å². The lowest BCUT2D eigenvalue weighted by molar-refractivity contribution is 0.214. The first kappa shape index (κ1) is 10.8. The molecule has 0 fully saturated rings. The number of aromatic nitrogens is 1. The molecule has 1 aromatic heterocycles. The van der Waals surface area contributed by atoms with E-state index in [0.717, 1.165) is 11.8 Å². The SMILES string of the molecule is Cc1ccccc1C(O)c1ccncc1F. The minimum atomic E-state index is -0.941. The van der Waals surface area contributed by atoms with Gasteiger partial charge < -0.3 is 5.11 Å². The predicted octanol–water partition coefficient (Wildman–Crippen LogP) is 2.61. The summed E-state index contributed by atoms with van der Waals surface area (Å²) in [7, 11) is 0. The van der Waals surface area contributed by atoms with Crippen molar-refractivity contribution < 1.29 is 9.50 Å². The van der Waals surface area contributed by atoms with E-state index in [-0.39, 0.29) is 5.56 Å². The molecule has 0 aliphatic carbocycles. The number of nitrogens with zero attached hydrogens (tertiary/aromatic N) is 1. The van der Waals surface area contributed by atoms with Gasteiger partial charge in [-0.2, -0.15) is 0 Å². The van der Waals surface area contributed by atoms with E-state index in [2.05, 4.69) is 4.98 Å². The van der Waals surface area contributed by atoms with Crippen LogP contribution in [0.1, 0.15) is 22.8 Å². The van der Waals surface area contributed by atoms with Crippen LogP contribution in [-0.4, -0.2) is 10.1 Å². The predicted molar refractivity (Wildman–Crippen MR) is 59.4 cm³/mol. The molecule has 3 heteroatoms. The second kappa shape index (κ2) is 4.41. The second-order valence-corrected chi connectivity index (χ2v) is 3.66. The van der Waals surface area contributed by atoms with Gasteiger partial charge in [0.15, 0.2) is 0 Å². The number of hydrogen-bond acceptors (Lipinski definition) is 2. The molecule has 2 aromatic rings. The van der Waals surface area contributed by atoms with Crippen molar-refractivity contribution in [3.8, 4) is 0 Å². The topological polar surface area (TPSA) is 33.1 Å². The number of pyridine rings is 1. The first-order valence-electron chi connectivity index (χ1n) is 5.03. The van der Waals surface area contributed by atoms with Crippen LogP contribution in [0, 0.1) is 12.7 Å². The number of aliphatic hydroxyl groups is 1. The number of aryl methyl sites for hydroxylation is 1. The van der Waals surface area contributed by atoms with Gasteiger partial charge in [0.1, 0.15) is 11.9 Å². The molecule has 0 bridgehead atoms. The molecule has 1 unspecified atom stereocenters.